The summed E-state index contributed by atoms with van der Waals surface area (Å²) in [5.74, 6) is -1.29. The maximum absolute atomic E-state index is 15.7. The van der Waals surface area contributed by atoms with Gasteiger partial charge in [0.25, 0.3) is 0 Å². The molecular formula is C28H37ClFNO4Si. The van der Waals surface area contributed by atoms with Gasteiger partial charge in [-0.2, -0.15) is 0 Å². The van der Waals surface area contributed by atoms with Crippen molar-refractivity contribution in [2.75, 3.05) is 0 Å². The van der Waals surface area contributed by atoms with Gasteiger partial charge in [-0.05, 0) is 57.7 Å². The number of benzene rings is 2. The minimum Gasteiger partial charge on any atom is -0.444 e. The zero-order valence-electron chi connectivity index (χ0n) is 22.6. The van der Waals surface area contributed by atoms with Crippen molar-refractivity contribution in [3.8, 4) is 0 Å². The smallest absolute Gasteiger partial charge is 0.408 e. The SMILES string of the molecule is CC[C@@H](NC(=O)OC(C)(C)C)c1ccc(Cl)c(C(=O)c2ccc(C(C)(C)O[Si]C(C)(C)C)cc2)c1F. The summed E-state index contributed by atoms with van der Waals surface area (Å²) in [6.07, 6.45) is -0.270. The van der Waals surface area contributed by atoms with E-state index in [-0.39, 0.29) is 21.2 Å². The molecule has 0 spiro atoms. The van der Waals surface area contributed by atoms with Gasteiger partial charge < -0.3 is 14.5 Å². The first-order valence-corrected chi connectivity index (χ1v) is 13.3. The number of ketones is 1. The third-order valence-corrected chi connectivity index (χ3v) is 6.82. The van der Waals surface area contributed by atoms with Crippen LogP contribution in [-0.2, 0) is 14.8 Å². The molecular weight excluding hydrogens is 497 g/mol. The highest BCUT2D eigenvalue weighted by molar-refractivity contribution is 6.35. The van der Waals surface area contributed by atoms with E-state index in [4.69, 9.17) is 20.8 Å². The molecule has 0 bridgehead atoms. The molecule has 0 saturated heterocycles. The van der Waals surface area contributed by atoms with E-state index in [1.165, 1.54) is 12.1 Å². The van der Waals surface area contributed by atoms with Crippen molar-refractivity contribution in [2.45, 2.75) is 91.0 Å². The second-order valence-electron chi connectivity index (χ2n) is 11.3. The first kappa shape index (κ1) is 30.0. The van der Waals surface area contributed by atoms with E-state index in [1.54, 1.807) is 39.8 Å². The fourth-order valence-electron chi connectivity index (χ4n) is 3.40. The molecule has 1 amide bonds. The Morgan fingerprint density at radius 2 is 1.58 bits per heavy atom. The van der Waals surface area contributed by atoms with Crippen LogP contribution in [0.3, 0.4) is 0 Å². The molecule has 0 aliphatic heterocycles. The topological polar surface area (TPSA) is 64.6 Å². The van der Waals surface area contributed by atoms with Crippen molar-refractivity contribution in [1.82, 2.24) is 5.32 Å². The molecule has 0 unspecified atom stereocenters. The van der Waals surface area contributed by atoms with Gasteiger partial charge in [0.2, 0.25) is 9.76 Å². The van der Waals surface area contributed by atoms with Crippen molar-refractivity contribution >= 4 is 33.2 Å². The Hall–Kier alpha value is -2.22. The number of carbonyl (C=O) groups is 2. The Morgan fingerprint density at radius 3 is 2.08 bits per heavy atom. The second-order valence-corrected chi connectivity index (χ2v) is 13.6. The maximum Gasteiger partial charge on any atom is 0.408 e. The molecule has 1 atom stereocenters. The predicted molar refractivity (Wildman–Crippen MR) is 143 cm³/mol. The van der Waals surface area contributed by atoms with E-state index in [1.807, 2.05) is 26.0 Å². The molecule has 2 aromatic carbocycles. The van der Waals surface area contributed by atoms with Crippen LogP contribution in [0.2, 0.25) is 10.1 Å². The first-order valence-electron chi connectivity index (χ1n) is 12.0. The zero-order valence-corrected chi connectivity index (χ0v) is 24.4. The Labute approximate surface area is 222 Å². The Balaban J connectivity index is 2.33. The van der Waals surface area contributed by atoms with Gasteiger partial charge in [0.15, 0.2) is 5.78 Å². The van der Waals surface area contributed by atoms with Gasteiger partial charge in [0.1, 0.15) is 11.4 Å². The van der Waals surface area contributed by atoms with Crippen molar-refractivity contribution in [2.24, 2.45) is 0 Å². The highest BCUT2D eigenvalue weighted by Gasteiger charge is 2.28. The lowest BCUT2D eigenvalue weighted by molar-refractivity contribution is 0.0501. The number of nitrogens with one attached hydrogen (secondary N) is 1. The van der Waals surface area contributed by atoms with E-state index >= 15 is 4.39 Å². The Morgan fingerprint density at radius 1 is 1.00 bits per heavy atom. The molecule has 2 rings (SSSR count). The fourth-order valence-corrected chi connectivity index (χ4v) is 4.31. The minimum atomic E-state index is -0.755. The monoisotopic (exact) mass is 533 g/mol. The molecule has 0 heterocycles. The maximum atomic E-state index is 15.7. The van der Waals surface area contributed by atoms with Gasteiger partial charge >= 0.3 is 6.09 Å². The summed E-state index contributed by atoms with van der Waals surface area (Å²) >= 11 is 6.28. The number of amides is 1. The molecule has 36 heavy (non-hydrogen) atoms. The summed E-state index contributed by atoms with van der Waals surface area (Å²) in [6.45, 7) is 17.3. The fraction of sp³-hybridized carbons (Fsp3) is 0.500. The molecule has 0 aliphatic rings. The van der Waals surface area contributed by atoms with Gasteiger partial charge in [0, 0.05) is 11.1 Å². The predicted octanol–water partition coefficient (Wildman–Crippen LogP) is 7.78. The number of halogens is 2. The molecule has 1 N–H and O–H groups in total. The standard InChI is InChI=1S/C28H37ClFNO4Si/c1-10-21(31-25(33)34-26(2,3)4)19-15-16-20(29)22(23(19)30)24(32)17-11-13-18(14-12-17)28(8,9)35-36-27(5,6)7/h11-16,21H,10H2,1-9H3,(H,31,33)/t21-/m1/s1. The molecule has 196 valence electrons. The zero-order chi connectivity index (χ0) is 27.5. The van der Waals surface area contributed by atoms with E-state index in [0.717, 1.165) is 5.56 Å². The average molecular weight is 534 g/mol. The van der Waals surface area contributed by atoms with Gasteiger partial charge in [-0.25, -0.2) is 9.18 Å². The van der Waals surface area contributed by atoms with Crippen LogP contribution < -0.4 is 5.32 Å². The normalized spacial score (nSPS) is 13.3. The molecule has 0 saturated carbocycles. The van der Waals surface area contributed by atoms with Crippen LogP contribution in [0.25, 0.3) is 0 Å². The summed E-state index contributed by atoms with van der Waals surface area (Å²) in [5, 5.41) is 2.73. The lowest BCUT2D eigenvalue weighted by Gasteiger charge is -2.29. The van der Waals surface area contributed by atoms with E-state index in [9.17, 15) is 9.59 Å². The van der Waals surface area contributed by atoms with Gasteiger partial charge in [-0.3, -0.25) is 4.79 Å². The lowest BCUT2D eigenvalue weighted by atomic mass is 9.93. The number of ether oxygens (including phenoxy) is 1. The molecule has 2 radical (unpaired) electrons. The van der Waals surface area contributed by atoms with Crippen molar-refractivity contribution in [3.05, 3.63) is 69.5 Å². The number of hydrogen-bond acceptors (Lipinski definition) is 4. The second kappa shape index (κ2) is 11.4. The summed E-state index contributed by atoms with van der Waals surface area (Å²) < 4.78 is 27.1. The molecule has 0 fully saturated rings. The number of hydrogen-bond donors (Lipinski definition) is 1. The van der Waals surface area contributed by atoms with E-state index in [2.05, 4.69) is 26.1 Å². The largest absolute Gasteiger partial charge is 0.444 e. The summed E-state index contributed by atoms with van der Waals surface area (Å²) in [5.41, 5.74) is -0.0807. The number of carbonyl (C=O) groups excluding carboxylic acids is 2. The first-order chi connectivity index (χ1) is 16.4. The number of rotatable bonds is 8. The lowest BCUT2D eigenvalue weighted by Crippen LogP contribution is -2.35. The van der Waals surface area contributed by atoms with Crippen molar-refractivity contribution in [3.63, 3.8) is 0 Å². The highest BCUT2D eigenvalue weighted by atomic mass is 35.5. The van der Waals surface area contributed by atoms with Gasteiger partial charge in [0.05, 0.1) is 22.2 Å². The van der Waals surface area contributed by atoms with Gasteiger partial charge in [-0.15, -0.1) is 0 Å². The third kappa shape index (κ3) is 8.15. The highest BCUT2D eigenvalue weighted by Crippen LogP contribution is 2.32. The molecule has 0 aliphatic carbocycles. The van der Waals surface area contributed by atoms with Crippen LogP contribution in [0.1, 0.15) is 102 Å². The quantitative estimate of drug-likeness (QED) is 0.278. The average Bonchev–Trinajstić information content (AvgIpc) is 2.75. The molecule has 5 nitrogen and oxygen atoms in total. The minimum absolute atomic E-state index is 0.00693. The van der Waals surface area contributed by atoms with Crippen LogP contribution >= 0.6 is 11.6 Å². The van der Waals surface area contributed by atoms with E-state index in [0.29, 0.717) is 21.7 Å². The Kier molecular flexibility index (Phi) is 9.54. The summed E-state index contributed by atoms with van der Waals surface area (Å²) in [7, 11) is 0.302. The molecule has 2 aromatic rings. The van der Waals surface area contributed by atoms with Crippen molar-refractivity contribution < 1.29 is 23.1 Å². The van der Waals surface area contributed by atoms with Gasteiger partial charge in [-0.1, -0.05) is 69.6 Å². The van der Waals surface area contributed by atoms with Crippen LogP contribution in [0.4, 0.5) is 9.18 Å². The summed E-state index contributed by atoms with van der Waals surface area (Å²) in [6, 6.07) is 9.21. The third-order valence-electron chi connectivity index (χ3n) is 5.28. The molecule has 8 heteroatoms. The molecule has 0 aromatic heterocycles. The van der Waals surface area contributed by atoms with Crippen molar-refractivity contribution in [1.29, 1.82) is 0 Å². The Bertz CT molecular complexity index is 1090. The van der Waals surface area contributed by atoms with Crippen LogP contribution in [0.15, 0.2) is 36.4 Å². The van der Waals surface area contributed by atoms with Crippen LogP contribution in [-0.4, -0.2) is 27.2 Å². The van der Waals surface area contributed by atoms with Crippen LogP contribution in [0.5, 0.6) is 0 Å². The van der Waals surface area contributed by atoms with Crippen LogP contribution in [0, 0.1) is 5.82 Å². The number of alkyl carbamates (subject to hydrolysis) is 1. The summed E-state index contributed by atoms with van der Waals surface area (Å²) in [4.78, 5) is 25.6. The van der Waals surface area contributed by atoms with E-state index < -0.39 is 34.9 Å².